The second-order valence-corrected chi connectivity index (χ2v) is 9.28. The first-order valence-corrected chi connectivity index (χ1v) is 12.2. The molecule has 2 heteroatoms. The summed E-state index contributed by atoms with van der Waals surface area (Å²) in [4.78, 5) is 0. The summed E-state index contributed by atoms with van der Waals surface area (Å²) in [6.45, 7) is 0. The van der Waals surface area contributed by atoms with Crippen LogP contribution in [-0.2, 0) is 0 Å². The Kier molecular flexibility index (Phi) is 5.37. The molecule has 0 atom stereocenters. The van der Waals surface area contributed by atoms with Gasteiger partial charge in [-0.15, -0.1) is 0 Å². The third-order valence-corrected chi connectivity index (χ3v) is 6.82. The van der Waals surface area contributed by atoms with Gasteiger partial charge in [-0.25, -0.2) is 0 Å². The lowest BCUT2D eigenvalue weighted by atomic mass is 9.98. The zero-order valence-corrected chi connectivity index (χ0v) is 20.1. The lowest BCUT2D eigenvalue weighted by molar-refractivity contribution is 1.14. The second-order valence-electron chi connectivity index (χ2n) is 8.36. The highest BCUT2D eigenvalue weighted by Gasteiger charge is 2.20. The molecule has 1 heterocycles. The number of para-hydroxylation sites is 1. The number of nitrogens with zero attached hydrogens (tertiary/aromatic N) is 1. The molecule has 6 rings (SSSR count). The Morgan fingerprint density at radius 2 is 0.971 bits per heavy atom. The van der Waals surface area contributed by atoms with Crippen LogP contribution in [0, 0.1) is 0 Å². The van der Waals surface area contributed by atoms with E-state index < -0.39 is 0 Å². The van der Waals surface area contributed by atoms with Crippen LogP contribution in [-0.4, -0.2) is 4.57 Å². The molecule has 162 valence electrons. The van der Waals surface area contributed by atoms with Gasteiger partial charge in [-0.3, -0.25) is 0 Å². The fourth-order valence-electron chi connectivity index (χ4n) is 4.72. The zero-order valence-electron chi connectivity index (χ0n) is 18.5. The molecule has 0 aliphatic rings. The van der Waals surface area contributed by atoms with Gasteiger partial charge in [-0.05, 0) is 52.6 Å². The SMILES string of the molecule is Brc1ccc(-c2ccc(-n3c(-c4ccccc4)c(-c4ccccc4)c4ccccc43)cc2)cc1. The molecule has 0 unspecified atom stereocenters. The average molecular weight is 500 g/mol. The molecule has 0 spiro atoms. The molecule has 0 saturated carbocycles. The molecule has 34 heavy (non-hydrogen) atoms. The molecule has 5 aromatic carbocycles. The summed E-state index contributed by atoms with van der Waals surface area (Å²) in [6, 6.07) is 47.5. The normalized spacial score (nSPS) is 11.1. The summed E-state index contributed by atoms with van der Waals surface area (Å²) in [5.74, 6) is 0. The van der Waals surface area contributed by atoms with Crippen LogP contribution in [0.25, 0.3) is 50.1 Å². The molecule has 0 fully saturated rings. The number of benzene rings is 5. The summed E-state index contributed by atoms with van der Waals surface area (Å²) in [6.07, 6.45) is 0. The Hall–Kier alpha value is -3.88. The van der Waals surface area contributed by atoms with Gasteiger partial charge in [0.25, 0.3) is 0 Å². The van der Waals surface area contributed by atoms with Crippen LogP contribution in [0.5, 0.6) is 0 Å². The molecular formula is C32H22BrN. The van der Waals surface area contributed by atoms with Crippen LogP contribution in [0.3, 0.4) is 0 Å². The lowest BCUT2D eigenvalue weighted by Gasteiger charge is -2.14. The van der Waals surface area contributed by atoms with Gasteiger partial charge in [0.15, 0.2) is 0 Å². The van der Waals surface area contributed by atoms with Crippen molar-refractivity contribution in [3.8, 4) is 39.2 Å². The van der Waals surface area contributed by atoms with Crippen LogP contribution in [0.1, 0.15) is 0 Å². The second kappa shape index (κ2) is 8.81. The standard InChI is InChI=1S/C32H22BrN/c33-27-19-15-23(16-20-27)24-17-21-28(22-18-24)34-30-14-8-7-13-29(30)31(25-9-3-1-4-10-25)32(34)26-11-5-2-6-12-26/h1-22H. The molecule has 0 aliphatic heterocycles. The van der Waals surface area contributed by atoms with Crippen molar-refractivity contribution in [3.05, 3.63) is 138 Å². The van der Waals surface area contributed by atoms with Crippen molar-refractivity contribution in [3.63, 3.8) is 0 Å². The van der Waals surface area contributed by atoms with Crippen molar-refractivity contribution in [1.82, 2.24) is 4.57 Å². The third-order valence-electron chi connectivity index (χ3n) is 6.29. The molecule has 0 amide bonds. The number of rotatable bonds is 4. The van der Waals surface area contributed by atoms with Gasteiger partial charge in [0.1, 0.15) is 0 Å². The van der Waals surface area contributed by atoms with Crippen molar-refractivity contribution < 1.29 is 0 Å². The van der Waals surface area contributed by atoms with Crippen molar-refractivity contribution in [1.29, 1.82) is 0 Å². The molecule has 1 aromatic heterocycles. The van der Waals surface area contributed by atoms with E-state index in [1.54, 1.807) is 0 Å². The van der Waals surface area contributed by atoms with Crippen molar-refractivity contribution in [2.24, 2.45) is 0 Å². The van der Waals surface area contributed by atoms with Gasteiger partial charge in [-0.2, -0.15) is 0 Å². The third kappa shape index (κ3) is 3.67. The van der Waals surface area contributed by atoms with Crippen LogP contribution < -0.4 is 0 Å². The van der Waals surface area contributed by atoms with E-state index in [9.17, 15) is 0 Å². The quantitative estimate of drug-likeness (QED) is 0.227. The van der Waals surface area contributed by atoms with E-state index in [4.69, 9.17) is 0 Å². The van der Waals surface area contributed by atoms with Crippen LogP contribution in [0.15, 0.2) is 138 Å². The van der Waals surface area contributed by atoms with Crippen LogP contribution in [0.2, 0.25) is 0 Å². The van der Waals surface area contributed by atoms with E-state index in [1.165, 1.54) is 44.4 Å². The average Bonchev–Trinajstić information content (AvgIpc) is 3.25. The van der Waals surface area contributed by atoms with Gasteiger partial charge in [-0.1, -0.05) is 119 Å². The first-order valence-electron chi connectivity index (χ1n) is 11.4. The van der Waals surface area contributed by atoms with Crippen LogP contribution in [0.4, 0.5) is 0 Å². The highest BCUT2D eigenvalue weighted by molar-refractivity contribution is 9.10. The summed E-state index contributed by atoms with van der Waals surface area (Å²) in [5.41, 5.74) is 9.67. The van der Waals surface area contributed by atoms with E-state index in [0.29, 0.717) is 0 Å². The molecular weight excluding hydrogens is 478 g/mol. The highest BCUT2D eigenvalue weighted by atomic mass is 79.9. The van der Waals surface area contributed by atoms with Crippen molar-refractivity contribution in [2.45, 2.75) is 0 Å². The minimum absolute atomic E-state index is 1.09. The number of halogens is 1. The molecule has 0 N–H and O–H groups in total. The first-order chi connectivity index (χ1) is 16.8. The molecule has 0 saturated heterocycles. The highest BCUT2D eigenvalue weighted by Crippen LogP contribution is 2.42. The summed E-state index contributed by atoms with van der Waals surface area (Å²) >= 11 is 3.53. The Balaban J connectivity index is 1.61. The monoisotopic (exact) mass is 499 g/mol. The molecule has 6 aromatic rings. The molecule has 0 radical (unpaired) electrons. The van der Waals surface area contributed by atoms with Crippen LogP contribution >= 0.6 is 15.9 Å². The summed E-state index contributed by atoms with van der Waals surface area (Å²) in [7, 11) is 0. The zero-order chi connectivity index (χ0) is 22.9. The Morgan fingerprint density at radius 3 is 1.62 bits per heavy atom. The topological polar surface area (TPSA) is 4.93 Å². The molecule has 1 nitrogen and oxygen atoms in total. The molecule has 0 aliphatic carbocycles. The Bertz CT molecular complexity index is 1560. The van der Waals surface area contributed by atoms with Gasteiger partial charge in [0.2, 0.25) is 0 Å². The van der Waals surface area contributed by atoms with Gasteiger partial charge >= 0.3 is 0 Å². The Labute approximate surface area is 208 Å². The maximum absolute atomic E-state index is 3.53. The van der Waals surface area contributed by atoms with E-state index in [2.05, 4.69) is 154 Å². The predicted octanol–water partition coefficient (Wildman–Crippen LogP) is 9.39. The maximum Gasteiger partial charge on any atom is 0.0619 e. The van der Waals surface area contributed by atoms with Crippen molar-refractivity contribution in [2.75, 3.05) is 0 Å². The molecule has 0 bridgehead atoms. The number of aromatic nitrogens is 1. The summed E-state index contributed by atoms with van der Waals surface area (Å²) in [5, 5.41) is 1.25. The maximum atomic E-state index is 3.53. The fraction of sp³-hybridized carbons (Fsp3) is 0. The number of hydrogen-bond acceptors (Lipinski definition) is 0. The van der Waals surface area contributed by atoms with E-state index >= 15 is 0 Å². The predicted molar refractivity (Wildman–Crippen MR) is 147 cm³/mol. The van der Waals surface area contributed by atoms with E-state index in [-0.39, 0.29) is 0 Å². The van der Waals surface area contributed by atoms with Gasteiger partial charge in [0.05, 0.1) is 11.2 Å². The number of hydrogen-bond donors (Lipinski definition) is 0. The smallest absolute Gasteiger partial charge is 0.0619 e. The van der Waals surface area contributed by atoms with Gasteiger partial charge < -0.3 is 4.57 Å². The van der Waals surface area contributed by atoms with Crippen molar-refractivity contribution >= 4 is 26.8 Å². The fourth-order valence-corrected chi connectivity index (χ4v) is 4.98. The van der Waals surface area contributed by atoms with Gasteiger partial charge in [0, 0.05) is 21.1 Å². The Morgan fingerprint density at radius 1 is 0.441 bits per heavy atom. The largest absolute Gasteiger partial charge is 0.309 e. The number of fused-ring (bicyclic) bond motifs is 1. The minimum atomic E-state index is 1.09. The van der Waals surface area contributed by atoms with E-state index in [0.717, 1.165) is 10.2 Å². The summed E-state index contributed by atoms with van der Waals surface area (Å²) < 4.78 is 3.49. The lowest BCUT2D eigenvalue weighted by Crippen LogP contribution is -1.97. The first kappa shape index (κ1) is 20.7. The van der Waals surface area contributed by atoms with E-state index in [1.807, 2.05) is 0 Å². The minimum Gasteiger partial charge on any atom is -0.309 e.